The Bertz CT molecular complexity index is 1050. The third-order valence-corrected chi connectivity index (χ3v) is 5.49. The highest BCUT2D eigenvalue weighted by molar-refractivity contribution is 8.19. The smallest absolute Gasteiger partial charge is 0.344 e. The van der Waals surface area contributed by atoms with Gasteiger partial charge in [0.05, 0.1) is 17.2 Å². The molecule has 2 aromatic carbocycles. The summed E-state index contributed by atoms with van der Waals surface area (Å²) in [4.78, 5) is 38.1. The van der Waals surface area contributed by atoms with Gasteiger partial charge in [-0.1, -0.05) is 31.2 Å². The maximum Gasteiger partial charge on any atom is 0.344 e. The van der Waals surface area contributed by atoms with Crippen molar-refractivity contribution in [3.63, 3.8) is 0 Å². The van der Waals surface area contributed by atoms with Gasteiger partial charge in [-0.05, 0) is 67.4 Å². The van der Waals surface area contributed by atoms with Gasteiger partial charge in [-0.25, -0.2) is 9.69 Å². The average molecular weight is 442 g/mol. The summed E-state index contributed by atoms with van der Waals surface area (Å²) in [5.74, 6) is -0.819. The summed E-state index contributed by atoms with van der Waals surface area (Å²) in [6, 6.07) is 12.3. The van der Waals surface area contributed by atoms with E-state index in [1.54, 1.807) is 43.3 Å². The number of ether oxygens (including phenoxy) is 2. The number of para-hydroxylation sites is 1. The van der Waals surface area contributed by atoms with Crippen molar-refractivity contribution < 1.29 is 29.0 Å². The third-order valence-electron chi connectivity index (χ3n) is 4.62. The van der Waals surface area contributed by atoms with E-state index in [0.717, 1.165) is 17.3 Å². The molecular weight excluding hydrogens is 418 g/mol. The first-order valence-electron chi connectivity index (χ1n) is 9.87. The van der Waals surface area contributed by atoms with Crippen LogP contribution in [0.3, 0.4) is 0 Å². The van der Waals surface area contributed by atoms with Crippen molar-refractivity contribution in [1.29, 1.82) is 0 Å². The Morgan fingerprint density at radius 2 is 1.90 bits per heavy atom. The number of carboxylic acid groups (broad SMARTS) is 1. The van der Waals surface area contributed by atoms with Gasteiger partial charge in [0, 0.05) is 0 Å². The van der Waals surface area contributed by atoms with Gasteiger partial charge in [-0.3, -0.25) is 9.59 Å². The number of nitrogens with zero attached hydrogens (tertiary/aromatic N) is 1. The molecule has 0 saturated carbocycles. The van der Waals surface area contributed by atoms with Crippen molar-refractivity contribution in [2.45, 2.75) is 33.3 Å². The number of anilines is 1. The predicted octanol–water partition coefficient (Wildman–Crippen LogP) is 4.74. The molecule has 0 radical (unpaired) electrons. The number of imide groups is 1. The van der Waals surface area contributed by atoms with Crippen LogP contribution in [0.2, 0.25) is 0 Å². The first-order valence-corrected chi connectivity index (χ1v) is 10.7. The fraction of sp³-hybridized carbons (Fsp3) is 0.261. The van der Waals surface area contributed by atoms with Gasteiger partial charge in [-0.15, -0.1) is 0 Å². The number of aliphatic carboxylic acids is 1. The summed E-state index contributed by atoms with van der Waals surface area (Å²) in [6.07, 6.45) is 1.28. The Labute approximate surface area is 184 Å². The number of carbonyl (C=O) groups excluding carboxylic acids is 2. The van der Waals surface area contributed by atoms with E-state index in [9.17, 15) is 14.4 Å². The Morgan fingerprint density at radius 1 is 1.16 bits per heavy atom. The lowest BCUT2D eigenvalue weighted by Crippen LogP contribution is -2.28. The number of hydrogen-bond acceptors (Lipinski definition) is 6. The molecule has 1 heterocycles. The summed E-state index contributed by atoms with van der Waals surface area (Å²) in [6.45, 7) is 5.55. The van der Waals surface area contributed by atoms with Gasteiger partial charge < -0.3 is 14.6 Å². The zero-order valence-corrected chi connectivity index (χ0v) is 18.3. The highest BCUT2D eigenvalue weighted by atomic mass is 32.2. The Morgan fingerprint density at radius 3 is 2.58 bits per heavy atom. The maximum atomic E-state index is 13.0. The molecule has 162 valence electrons. The minimum Gasteiger partial charge on any atom is -0.490 e. The third kappa shape index (κ3) is 4.91. The van der Waals surface area contributed by atoms with Crippen molar-refractivity contribution >= 4 is 40.6 Å². The number of hydrogen-bond donors (Lipinski definition) is 1. The lowest BCUT2D eigenvalue weighted by molar-refractivity contribution is -0.144. The standard InChI is InChI=1S/C23H23NO6S/c1-4-16-8-6-7-9-17(16)24-21(25)20(31-23(24)28)13-15-10-11-18(19(12-15)29-5-2)30-14(3)22(26)27/h6-14H,4-5H2,1-3H3,(H,26,27)/b20-13+. The molecule has 3 rings (SSSR count). The van der Waals surface area contributed by atoms with Gasteiger partial charge in [-0.2, -0.15) is 0 Å². The zero-order valence-electron chi connectivity index (χ0n) is 17.5. The predicted molar refractivity (Wildman–Crippen MR) is 120 cm³/mol. The molecule has 31 heavy (non-hydrogen) atoms. The van der Waals surface area contributed by atoms with E-state index in [0.29, 0.717) is 40.7 Å². The summed E-state index contributed by atoms with van der Waals surface area (Å²) < 4.78 is 11.0. The normalized spacial score (nSPS) is 16.0. The lowest BCUT2D eigenvalue weighted by atomic mass is 10.1. The number of aryl methyl sites for hydroxylation is 1. The van der Waals surface area contributed by atoms with E-state index in [1.807, 2.05) is 19.1 Å². The van der Waals surface area contributed by atoms with E-state index in [1.165, 1.54) is 11.8 Å². The summed E-state index contributed by atoms with van der Waals surface area (Å²) in [7, 11) is 0. The van der Waals surface area contributed by atoms with Crippen LogP contribution >= 0.6 is 11.8 Å². The summed E-state index contributed by atoms with van der Waals surface area (Å²) in [5.41, 5.74) is 2.14. The average Bonchev–Trinajstić information content (AvgIpc) is 3.02. The first kappa shape index (κ1) is 22.4. The fourth-order valence-electron chi connectivity index (χ4n) is 3.08. The van der Waals surface area contributed by atoms with Crippen LogP contribution in [0.1, 0.15) is 31.9 Å². The van der Waals surface area contributed by atoms with Crippen molar-refractivity contribution in [3.8, 4) is 11.5 Å². The van der Waals surface area contributed by atoms with Gasteiger partial charge in [0.25, 0.3) is 11.1 Å². The van der Waals surface area contributed by atoms with E-state index < -0.39 is 12.1 Å². The Kier molecular flexibility index (Phi) is 7.02. The Hall–Kier alpha value is -3.26. The van der Waals surface area contributed by atoms with Crippen molar-refractivity contribution in [2.24, 2.45) is 0 Å². The van der Waals surface area contributed by atoms with Crippen molar-refractivity contribution in [1.82, 2.24) is 0 Å². The molecule has 2 aromatic rings. The number of rotatable bonds is 8. The molecule has 8 heteroatoms. The number of benzene rings is 2. The van der Waals surface area contributed by atoms with Crippen LogP contribution in [0.25, 0.3) is 6.08 Å². The largest absolute Gasteiger partial charge is 0.490 e. The number of carbonyl (C=O) groups is 3. The van der Waals surface area contributed by atoms with Crippen LogP contribution in [0.15, 0.2) is 47.4 Å². The molecule has 1 fully saturated rings. The minimum atomic E-state index is -1.09. The molecule has 1 N–H and O–H groups in total. The summed E-state index contributed by atoms with van der Waals surface area (Å²) >= 11 is 0.877. The molecule has 7 nitrogen and oxygen atoms in total. The molecule has 1 aliphatic rings. The molecular formula is C23H23NO6S. The first-order chi connectivity index (χ1) is 14.8. The number of thioether (sulfide) groups is 1. The second-order valence-electron chi connectivity index (χ2n) is 6.74. The highest BCUT2D eigenvalue weighted by Crippen LogP contribution is 2.38. The van der Waals surface area contributed by atoms with E-state index in [4.69, 9.17) is 14.6 Å². The second-order valence-corrected chi connectivity index (χ2v) is 7.73. The van der Waals surface area contributed by atoms with Crippen LogP contribution in [0.4, 0.5) is 10.5 Å². The van der Waals surface area contributed by atoms with E-state index in [-0.39, 0.29) is 11.1 Å². The quantitative estimate of drug-likeness (QED) is 0.591. The van der Waals surface area contributed by atoms with Crippen LogP contribution in [0, 0.1) is 0 Å². The maximum absolute atomic E-state index is 13.0. The molecule has 2 amide bonds. The monoisotopic (exact) mass is 441 g/mol. The number of amides is 2. The van der Waals surface area contributed by atoms with Gasteiger partial charge >= 0.3 is 5.97 Å². The summed E-state index contributed by atoms with van der Waals surface area (Å²) in [5, 5.41) is 8.72. The van der Waals surface area contributed by atoms with Crippen LogP contribution in [-0.2, 0) is 16.0 Å². The van der Waals surface area contributed by atoms with Crippen molar-refractivity contribution in [2.75, 3.05) is 11.5 Å². The SMILES string of the molecule is CCOc1cc(/C=C2/SC(=O)N(c3ccccc3CC)C2=O)ccc1OC(C)C(=O)O. The van der Waals surface area contributed by atoms with Gasteiger partial charge in [0.15, 0.2) is 17.6 Å². The zero-order chi connectivity index (χ0) is 22.5. The number of carboxylic acids is 1. The topological polar surface area (TPSA) is 93.1 Å². The van der Waals surface area contributed by atoms with Crippen LogP contribution in [0.5, 0.6) is 11.5 Å². The molecule has 1 saturated heterocycles. The molecule has 1 unspecified atom stereocenters. The van der Waals surface area contributed by atoms with Gasteiger partial charge in [0.2, 0.25) is 0 Å². The van der Waals surface area contributed by atoms with Crippen LogP contribution in [-0.4, -0.2) is 34.9 Å². The van der Waals surface area contributed by atoms with E-state index in [2.05, 4.69) is 0 Å². The second kappa shape index (κ2) is 9.70. The fourth-order valence-corrected chi connectivity index (χ4v) is 3.91. The van der Waals surface area contributed by atoms with Crippen LogP contribution < -0.4 is 14.4 Å². The van der Waals surface area contributed by atoms with E-state index >= 15 is 0 Å². The molecule has 0 bridgehead atoms. The minimum absolute atomic E-state index is 0.291. The molecule has 0 spiro atoms. The molecule has 0 aromatic heterocycles. The lowest BCUT2D eigenvalue weighted by Gasteiger charge is -2.16. The van der Waals surface area contributed by atoms with Gasteiger partial charge in [0.1, 0.15) is 0 Å². The molecule has 1 aliphatic heterocycles. The highest BCUT2D eigenvalue weighted by Gasteiger charge is 2.37. The van der Waals surface area contributed by atoms with Crippen molar-refractivity contribution in [3.05, 3.63) is 58.5 Å². The molecule has 1 atom stereocenters. The molecule has 0 aliphatic carbocycles. The Balaban J connectivity index is 1.91.